The van der Waals surface area contributed by atoms with E-state index in [-0.39, 0.29) is 18.3 Å². The molecule has 0 atom stereocenters. The van der Waals surface area contributed by atoms with Gasteiger partial charge in [-0.2, -0.15) is 0 Å². The quantitative estimate of drug-likeness (QED) is 0.453. The number of hydrogen-bond acceptors (Lipinski definition) is 4. The van der Waals surface area contributed by atoms with Crippen molar-refractivity contribution in [2.24, 2.45) is 0 Å². The van der Waals surface area contributed by atoms with Crippen LogP contribution in [-0.4, -0.2) is 24.9 Å². The second-order valence-electron chi connectivity index (χ2n) is 5.20. The average molecular weight is 298 g/mol. The van der Waals surface area contributed by atoms with Gasteiger partial charge in [-0.05, 0) is 0 Å². The molecule has 0 heterocycles. The number of hydrogen-bond donors (Lipinski definition) is 0. The van der Waals surface area contributed by atoms with E-state index in [1.807, 2.05) is 41.5 Å². The van der Waals surface area contributed by atoms with Crippen LogP contribution in [0.2, 0.25) is 0 Å². The Kier molecular flexibility index (Phi) is 9.75. The van der Waals surface area contributed by atoms with E-state index < -0.39 is 18.1 Å². The second-order valence-corrected chi connectivity index (χ2v) is 8.32. The third kappa shape index (κ3) is 8.62. The van der Waals surface area contributed by atoms with E-state index in [1.54, 1.807) is 0 Å². The summed E-state index contributed by atoms with van der Waals surface area (Å²) >= 11 is -3.60. The van der Waals surface area contributed by atoms with Crippen LogP contribution >= 0.6 is 0 Å². The molecule has 0 aromatic carbocycles. The molecule has 0 amide bonds. The third-order valence-corrected chi connectivity index (χ3v) is 6.35. The van der Waals surface area contributed by atoms with E-state index >= 15 is 0 Å². The second kappa shape index (κ2) is 9.46. The zero-order valence-corrected chi connectivity index (χ0v) is 14.5. The van der Waals surface area contributed by atoms with Gasteiger partial charge in [-0.1, -0.05) is 0 Å². The Morgan fingerprint density at radius 1 is 0.778 bits per heavy atom. The molecule has 0 aliphatic carbocycles. The third-order valence-electron chi connectivity index (χ3n) is 1.92. The molecule has 0 saturated carbocycles. The van der Waals surface area contributed by atoms with E-state index in [2.05, 4.69) is 6.92 Å². The molecule has 0 bridgehead atoms. The van der Waals surface area contributed by atoms with Gasteiger partial charge < -0.3 is 0 Å². The van der Waals surface area contributed by atoms with Gasteiger partial charge >= 0.3 is 118 Å². The van der Waals surface area contributed by atoms with Gasteiger partial charge in [0.2, 0.25) is 0 Å². The summed E-state index contributed by atoms with van der Waals surface area (Å²) < 4.78 is 23.7. The Labute approximate surface area is 118 Å². The van der Waals surface area contributed by atoms with Gasteiger partial charge in [0.1, 0.15) is 0 Å². The zero-order chi connectivity index (χ0) is 14.2. The molecular weight excluding hydrogens is 268 g/mol. The van der Waals surface area contributed by atoms with Crippen molar-refractivity contribution in [3.8, 4) is 0 Å². The molecule has 18 heavy (non-hydrogen) atoms. The van der Waals surface area contributed by atoms with Gasteiger partial charge in [-0.25, -0.2) is 0 Å². The topological polar surface area (TPSA) is 36.9 Å². The standard InChI is InChI=1S/C4H9O.3C3H7O.Ti/c1-2-3-4-5;3*1-3(2)4;/h2-4H2,1H3;3*3H,1-2H3;/q4*-1;+4. The molecule has 0 fully saturated rings. The Bertz CT molecular complexity index is 181. The molecule has 0 saturated heterocycles. The van der Waals surface area contributed by atoms with Crippen molar-refractivity contribution < 1.29 is 31.4 Å². The Morgan fingerprint density at radius 2 is 1.17 bits per heavy atom. The van der Waals surface area contributed by atoms with Crippen LogP contribution in [0.5, 0.6) is 0 Å². The van der Waals surface area contributed by atoms with Gasteiger partial charge in [-0.3, -0.25) is 0 Å². The Hall–Kier alpha value is 0.554. The molecule has 0 aliphatic heterocycles. The van der Waals surface area contributed by atoms with Gasteiger partial charge in [0.05, 0.1) is 0 Å². The van der Waals surface area contributed by atoms with Crippen molar-refractivity contribution in [1.82, 2.24) is 0 Å². The molecule has 110 valence electrons. The molecule has 0 aromatic rings. The summed E-state index contributed by atoms with van der Waals surface area (Å²) in [6.45, 7) is 14.7. The van der Waals surface area contributed by atoms with Crippen molar-refractivity contribution in [3.63, 3.8) is 0 Å². The summed E-state index contributed by atoms with van der Waals surface area (Å²) in [7, 11) is 0. The van der Waals surface area contributed by atoms with Crippen LogP contribution in [0.15, 0.2) is 0 Å². The van der Waals surface area contributed by atoms with Crippen LogP contribution in [0.25, 0.3) is 0 Å². The monoisotopic (exact) mass is 298 g/mol. The molecule has 0 N–H and O–H groups in total. The average Bonchev–Trinajstić information content (AvgIpc) is 2.13. The van der Waals surface area contributed by atoms with Gasteiger partial charge in [0.25, 0.3) is 0 Å². The van der Waals surface area contributed by atoms with Crippen LogP contribution in [0, 0.1) is 0 Å². The number of rotatable bonds is 10. The van der Waals surface area contributed by atoms with E-state index in [9.17, 15) is 0 Å². The molecule has 0 aromatic heterocycles. The van der Waals surface area contributed by atoms with Crippen molar-refractivity contribution in [2.45, 2.75) is 79.6 Å². The fraction of sp³-hybridized carbons (Fsp3) is 1.00. The molecular formula is C13H30O4Ti. The van der Waals surface area contributed by atoms with Crippen molar-refractivity contribution >= 4 is 0 Å². The van der Waals surface area contributed by atoms with Crippen molar-refractivity contribution in [1.29, 1.82) is 0 Å². The fourth-order valence-corrected chi connectivity index (χ4v) is 5.29. The first-order valence-corrected chi connectivity index (χ1v) is 9.53. The first-order valence-electron chi connectivity index (χ1n) is 6.98. The SMILES string of the molecule is CCCC[O][Ti]([O]C(C)C)([O]C(C)C)[O]C(C)C. The summed E-state index contributed by atoms with van der Waals surface area (Å²) in [5.74, 6) is 0. The molecule has 5 heteroatoms. The molecule has 0 spiro atoms. The maximum absolute atomic E-state index is 5.93. The zero-order valence-electron chi connectivity index (χ0n) is 13.0. The molecule has 4 nitrogen and oxygen atoms in total. The van der Waals surface area contributed by atoms with Crippen LogP contribution in [0.3, 0.4) is 0 Å². The fourth-order valence-electron chi connectivity index (χ4n) is 1.39. The number of unbranched alkanes of at least 4 members (excludes halogenated alkanes) is 1. The van der Waals surface area contributed by atoms with Crippen LogP contribution in [0.4, 0.5) is 0 Å². The Balaban J connectivity index is 4.74. The summed E-state index contributed by atoms with van der Waals surface area (Å²) in [5.41, 5.74) is 0. The van der Waals surface area contributed by atoms with Gasteiger partial charge in [-0.15, -0.1) is 0 Å². The summed E-state index contributed by atoms with van der Waals surface area (Å²) in [6, 6.07) is 0. The van der Waals surface area contributed by atoms with E-state index in [1.165, 1.54) is 0 Å². The predicted octanol–water partition coefficient (Wildman–Crippen LogP) is 3.89. The maximum atomic E-state index is 5.93. The van der Waals surface area contributed by atoms with Crippen LogP contribution in [0.1, 0.15) is 61.3 Å². The summed E-state index contributed by atoms with van der Waals surface area (Å²) in [4.78, 5) is 0. The van der Waals surface area contributed by atoms with E-state index in [4.69, 9.17) is 13.3 Å². The van der Waals surface area contributed by atoms with E-state index in [0.29, 0.717) is 6.61 Å². The van der Waals surface area contributed by atoms with Crippen LogP contribution in [-0.2, 0) is 31.4 Å². The first kappa shape index (κ1) is 18.6. The minimum atomic E-state index is -3.60. The predicted molar refractivity (Wildman–Crippen MR) is 69.5 cm³/mol. The molecule has 0 radical (unpaired) electrons. The normalized spacial score (nSPS) is 13.0. The van der Waals surface area contributed by atoms with E-state index in [0.717, 1.165) is 12.8 Å². The summed E-state index contributed by atoms with van der Waals surface area (Å²) in [6.07, 6.45) is 2.22. The van der Waals surface area contributed by atoms with Gasteiger partial charge in [0, 0.05) is 0 Å². The Morgan fingerprint density at radius 3 is 1.44 bits per heavy atom. The summed E-state index contributed by atoms with van der Waals surface area (Å²) in [5, 5.41) is 0. The van der Waals surface area contributed by atoms with Crippen molar-refractivity contribution in [3.05, 3.63) is 0 Å². The molecule has 0 aliphatic rings. The van der Waals surface area contributed by atoms with Crippen molar-refractivity contribution in [2.75, 3.05) is 6.61 Å². The van der Waals surface area contributed by atoms with Crippen LogP contribution < -0.4 is 0 Å². The van der Waals surface area contributed by atoms with Gasteiger partial charge in [0.15, 0.2) is 0 Å². The molecule has 0 rings (SSSR count). The first-order chi connectivity index (χ1) is 8.31. The minimum absolute atomic E-state index is 0.0455. The molecule has 0 unspecified atom stereocenters.